The molecule has 1 aromatic carbocycles. The van der Waals surface area contributed by atoms with Crippen molar-refractivity contribution in [2.45, 2.75) is 20.3 Å². The molecule has 1 aliphatic carbocycles. The van der Waals surface area contributed by atoms with Crippen LogP contribution in [0.1, 0.15) is 31.4 Å². The van der Waals surface area contributed by atoms with Gasteiger partial charge in [0.2, 0.25) is 0 Å². The number of allylic oxidation sites excluding steroid dienone is 4. The summed E-state index contributed by atoms with van der Waals surface area (Å²) in [4.78, 5) is 0. The molecule has 86 valence electrons. The van der Waals surface area contributed by atoms with Crippen molar-refractivity contribution in [3.05, 3.63) is 53.4 Å². The molecule has 1 nitrogen and oxygen atoms in total. The Morgan fingerprint density at radius 1 is 1.35 bits per heavy atom. The molecule has 0 aliphatic heterocycles. The van der Waals surface area contributed by atoms with E-state index in [4.69, 9.17) is 5.26 Å². The number of hydrogen-bond donors (Lipinski definition) is 0. The lowest BCUT2D eigenvalue weighted by Gasteiger charge is -2.22. The number of halogens is 1. The van der Waals surface area contributed by atoms with Crippen LogP contribution in [0.3, 0.4) is 0 Å². The fourth-order valence-corrected chi connectivity index (χ4v) is 2.05. The van der Waals surface area contributed by atoms with Gasteiger partial charge < -0.3 is 0 Å². The predicted molar refractivity (Wildman–Crippen MR) is 66.6 cm³/mol. The number of rotatable bonds is 1. The molecule has 17 heavy (non-hydrogen) atoms. The summed E-state index contributed by atoms with van der Waals surface area (Å²) in [5.41, 5.74) is 2.08. The third-order valence-corrected chi connectivity index (χ3v) is 2.89. The maximum atomic E-state index is 13.5. The van der Waals surface area contributed by atoms with Crippen molar-refractivity contribution in [2.24, 2.45) is 5.41 Å². The van der Waals surface area contributed by atoms with E-state index in [1.807, 2.05) is 12.1 Å². The van der Waals surface area contributed by atoms with Gasteiger partial charge in [0.25, 0.3) is 0 Å². The number of nitrogens with zero attached hydrogens (tertiary/aromatic N) is 1. The van der Waals surface area contributed by atoms with Crippen LogP contribution in [0.5, 0.6) is 0 Å². The largest absolute Gasteiger partial charge is 0.206 e. The minimum Gasteiger partial charge on any atom is -0.206 e. The van der Waals surface area contributed by atoms with Crippen molar-refractivity contribution in [3.63, 3.8) is 0 Å². The average Bonchev–Trinajstić information content (AvgIpc) is 2.27. The first-order valence-electron chi connectivity index (χ1n) is 5.61. The third-order valence-electron chi connectivity index (χ3n) is 2.89. The van der Waals surface area contributed by atoms with Crippen LogP contribution in [-0.2, 0) is 0 Å². The van der Waals surface area contributed by atoms with Gasteiger partial charge in [0.1, 0.15) is 11.9 Å². The summed E-state index contributed by atoms with van der Waals surface area (Å²) in [7, 11) is 0. The van der Waals surface area contributed by atoms with Gasteiger partial charge in [-0.1, -0.05) is 38.1 Å². The lowest BCUT2D eigenvalue weighted by molar-refractivity contribution is 0.615. The maximum absolute atomic E-state index is 13.5. The summed E-state index contributed by atoms with van der Waals surface area (Å²) in [5.74, 6) is -0.446. The topological polar surface area (TPSA) is 23.8 Å². The molecule has 0 fully saturated rings. The maximum Gasteiger partial charge on any atom is 0.141 e. The summed E-state index contributed by atoms with van der Waals surface area (Å²) in [6.07, 6.45) is 7.21. The van der Waals surface area contributed by atoms with E-state index in [1.165, 1.54) is 12.1 Å². The van der Waals surface area contributed by atoms with E-state index in [0.717, 1.165) is 17.6 Å². The Hall–Kier alpha value is -1.88. The standard InChI is InChI=1S/C15H14FN/c1-15(2)7-3-4-12(9-15)11-5-6-13(10-17)14(16)8-11/h3,5-9H,4H2,1-2H3. The number of nitriles is 1. The lowest BCUT2D eigenvalue weighted by Crippen LogP contribution is -2.07. The quantitative estimate of drug-likeness (QED) is 0.663. The van der Waals surface area contributed by atoms with Gasteiger partial charge in [-0.2, -0.15) is 5.26 Å². The van der Waals surface area contributed by atoms with Crippen molar-refractivity contribution in [1.82, 2.24) is 0 Å². The highest BCUT2D eigenvalue weighted by Crippen LogP contribution is 2.32. The van der Waals surface area contributed by atoms with E-state index in [1.54, 1.807) is 0 Å². The van der Waals surface area contributed by atoms with Gasteiger partial charge in [0, 0.05) is 5.41 Å². The molecule has 2 rings (SSSR count). The Bertz CT molecular complexity index is 545. The number of benzene rings is 1. The highest BCUT2D eigenvalue weighted by molar-refractivity contribution is 5.69. The monoisotopic (exact) mass is 227 g/mol. The van der Waals surface area contributed by atoms with Crippen LogP contribution in [0, 0.1) is 22.6 Å². The molecular formula is C15H14FN. The first kappa shape index (κ1) is 11.6. The molecular weight excluding hydrogens is 213 g/mol. The van der Waals surface area contributed by atoms with Crippen LogP contribution >= 0.6 is 0 Å². The van der Waals surface area contributed by atoms with Crippen molar-refractivity contribution in [2.75, 3.05) is 0 Å². The SMILES string of the molecule is CC1(C)C=CCC(c2ccc(C#N)c(F)c2)=C1. The van der Waals surface area contributed by atoms with Gasteiger partial charge in [-0.25, -0.2) is 4.39 Å². The molecule has 0 radical (unpaired) electrons. The highest BCUT2D eigenvalue weighted by Gasteiger charge is 2.16. The van der Waals surface area contributed by atoms with E-state index in [9.17, 15) is 4.39 Å². The molecule has 0 saturated heterocycles. The minimum atomic E-state index is -0.446. The molecule has 0 N–H and O–H groups in total. The van der Waals surface area contributed by atoms with Crippen LogP contribution in [-0.4, -0.2) is 0 Å². The van der Waals surface area contributed by atoms with E-state index in [2.05, 4.69) is 32.1 Å². The second-order valence-corrected chi connectivity index (χ2v) is 4.90. The first-order valence-corrected chi connectivity index (χ1v) is 5.61. The van der Waals surface area contributed by atoms with Crippen LogP contribution in [0.2, 0.25) is 0 Å². The summed E-state index contributed by atoms with van der Waals surface area (Å²) < 4.78 is 13.5. The van der Waals surface area contributed by atoms with Gasteiger partial charge in [-0.05, 0) is 29.7 Å². The van der Waals surface area contributed by atoms with Crippen LogP contribution in [0.25, 0.3) is 5.57 Å². The first-order chi connectivity index (χ1) is 8.02. The number of hydrogen-bond acceptors (Lipinski definition) is 1. The van der Waals surface area contributed by atoms with Crippen molar-refractivity contribution >= 4 is 5.57 Å². The molecule has 0 atom stereocenters. The Labute approximate surface area is 101 Å². The second-order valence-electron chi connectivity index (χ2n) is 4.90. The van der Waals surface area contributed by atoms with Crippen LogP contribution in [0.4, 0.5) is 4.39 Å². The van der Waals surface area contributed by atoms with E-state index >= 15 is 0 Å². The fraction of sp³-hybridized carbons (Fsp3) is 0.267. The average molecular weight is 227 g/mol. The molecule has 0 heterocycles. The third kappa shape index (κ3) is 2.45. The lowest BCUT2D eigenvalue weighted by atomic mass is 9.83. The Kier molecular flexibility index (Phi) is 2.85. The molecule has 1 aliphatic rings. The van der Waals surface area contributed by atoms with Gasteiger partial charge >= 0.3 is 0 Å². The zero-order chi connectivity index (χ0) is 12.5. The molecule has 0 saturated carbocycles. The summed E-state index contributed by atoms with van der Waals surface area (Å²) in [6, 6.07) is 6.62. The molecule has 0 bridgehead atoms. The van der Waals surface area contributed by atoms with Crippen LogP contribution < -0.4 is 0 Å². The van der Waals surface area contributed by atoms with E-state index in [0.29, 0.717) is 0 Å². The van der Waals surface area contributed by atoms with E-state index < -0.39 is 5.82 Å². The van der Waals surface area contributed by atoms with Gasteiger partial charge in [0.05, 0.1) is 5.56 Å². The molecule has 2 heteroatoms. The highest BCUT2D eigenvalue weighted by atomic mass is 19.1. The van der Waals surface area contributed by atoms with Gasteiger partial charge in [-0.3, -0.25) is 0 Å². The summed E-state index contributed by atoms with van der Waals surface area (Å²) in [6.45, 7) is 4.23. The fourth-order valence-electron chi connectivity index (χ4n) is 2.05. The normalized spacial score (nSPS) is 17.4. The minimum absolute atomic E-state index is 0.0119. The Morgan fingerprint density at radius 3 is 2.71 bits per heavy atom. The van der Waals surface area contributed by atoms with Crippen molar-refractivity contribution < 1.29 is 4.39 Å². The van der Waals surface area contributed by atoms with Crippen LogP contribution in [0.15, 0.2) is 36.4 Å². The molecule has 0 aromatic heterocycles. The predicted octanol–water partition coefficient (Wildman–Crippen LogP) is 4.07. The molecule has 0 spiro atoms. The van der Waals surface area contributed by atoms with Gasteiger partial charge in [0.15, 0.2) is 0 Å². The van der Waals surface area contributed by atoms with Gasteiger partial charge in [-0.15, -0.1) is 0 Å². The Morgan fingerprint density at radius 2 is 2.12 bits per heavy atom. The van der Waals surface area contributed by atoms with Crippen molar-refractivity contribution in [3.8, 4) is 6.07 Å². The zero-order valence-electron chi connectivity index (χ0n) is 10.00. The molecule has 1 aromatic rings. The summed E-state index contributed by atoms with van der Waals surface area (Å²) >= 11 is 0. The molecule has 0 amide bonds. The molecule has 0 unspecified atom stereocenters. The smallest absolute Gasteiger partial charge is 0.141 e. The second kappa shape index (κ2) is 4.18. The summed E-state index contributed by atoms with van der Waals surface area (Å²) in [5, 5.41) is 8.69. The van der Waals surface area contributed by atoms with E-state index in [-0.39, 0.29) is 11.0 Å². The zero-order valence-corrected chi connectivity index (χ0v) is 10.00. The Balaban J connectivity index is 2.40. The van der Waals surface area contributed by atoms with Crippen molar-refractivity contribution in [1.29, 1.82) is 5.26 Å².